The number of carbonyl (C=O) groups excluding carboxylic acids is 3. The molecule has 168 valence electrons. The van der Waals surface area contributed by atoms with Crippen molar-refractivity contribution in [1.29, 1.82) is 0 Å². The Morgan fingerprint density at radius 2 is 1.90 bits per heavy atom. The van der Waals surface area contributed by atoms with E-state index in [1.54, 1.807) is 0 Å². The molecule has 0 aliphatic heterocycles. The zero-order valence-electron chi connectivity index (χ0n) is 16.5. The maximum atomic E-state index is 12.5. The average Bonchev–Trinajstić information content (AvgIpc) is 3.22. The maximum absolute atomic E-state index is 12.5. The van der Waals surface area contributed by atoms with Crippen LogP contribution in [0, 0.1) is 0 Å². The van der Waals surface area contributed by atoms with E-state index in [1.165, 1.54) is 12.5 Å². The molecule has 1 aromatic heterocycles. The van der Waals surface area contributed by atoms with Gasteiger partial charge in [-0.05, 0) is 19.4 Å². The van der Waals surface area contributed by atoms with E-state index in [0.29, 0.717) is 25.1 Å². The van der Waals surface area contributed by atoms with Crippen LogP contribution in [0.3, 0.4) is 0 Å². The molecule has 12 nitrogen and oxygen atoms in total. The number of hydrogen-bond donors (Lipinski definition) is 8. The summed E-state index contributed by atoms with van der Waals surface area (Å²) < 4.78 is 0. The van der Waals surface area contributed by atoms with Crippen molar-refractivity contribution in [3.8, 4) is 0 Å². The van der Waals surface area contributed by atoms with E-state index < -0.39 is 41.8 Å². The molecule has 1 rings (SSSR count). The van der Waals surface area contributed by atoms with Crippen molar-refractivity contribution in [2.75, 3.05) is 18.8 Å². The second-order valence-corrected chi connectivity index (χ2v) is 6.96. The van der Waals surface area contributed by atoms with Gasteiger partial charge in [0, 0.05) is 24.1 Å². The number of hydrogen-bond acceptors (Lipinski definition) is 8. The third-order valence-electron chi connectivity index (χ3n) is 4.16. The first-order valence-electron chi connectivity index (χ1n) is 9.42. The van der Waals surface area contributed by atoms with Crippen LogP contribution in [0.1, 0.15) is 25.0 Å². The van der Waals surface area contributed by atoms with Crippen molar-refractivity contribution in [3.63, 3.8) is 0 Å². The number of imidazole rings is 1. The summed E-state index contributed by atoms with van der Waals surface area (Å²) in [6, 6.07) is -3.07. The molecule has 0 aliphatic carbocycles. The highest BCUT2D eigenvalue weighted by molar-refractivity contribution is 7.80. The number of rotatable bonds is 14. The monoisotopic (exact) mass is 443 g/mol. The molecule has 0 saturated carbocycles. The highest BCUT2D eigenvalue weighted by Gasteiger charge is 2.26. The van der Waals surface area contributed by atoms with Crippen LogP contribution in [0.5, 0.6) is 0 Å². The Bertz CT molecular complexity index is 701. The third kappa shape index (κ3) is 9.24. The number of aromatic amines is 1. The van der Waals surface area contributed by atoms with Crippen molar-refractivity contribution in [3.05, 3.63) is 18.2 Å². The zero-order valence-corrected chi connectivity index (χ0v) is 17.4. The molecule has 0 saturated heterocycles. The number of carbonyl (C=O) groups is 4. The number of aromatic nitrogens is 2. The number of carboxylic acid groups (broad SMARTS) is 1. The van der Waals surface area contributed by atoms with Crippen LogP contribution in [-0.2, 0) is 25.6 Å². The van der Waals surface area contributed by atoms with Gasteiger partial charge in [0.05, 0.1) is 18.9 Å². The lowest BCUT2D eigenvalue weighted by Crippen LogP contribution is -2.54. The molecule has 0 fully saturated rings. The molecular weight excluding hydrogens is 414 g/mol. The molecule has 30 heavy (non-hydrogen) atoms. The number of aliphatic carboxylic acids is 1. The molecule has 3 amide bonds. The Kier molecular flexibility index (Phi) is 11.5. The molecule has 1 heterocycles. The number of H-pyrrole nitrogens is 1. The van der Waals surface area contributed by atoms with Gasteiger partial charge in [-0.2, -0.15) is 12.6 Å². The van der Waals surface area contributed by atoms with Gasteiger partial charge in [-0.15, -0.1) is 0 Å². The summed E-state index contributed by atoms with van der Waals surface area (Å²) in [5.74, 6) is -3.19. The van der Waals surface area contributed by atoms with E-state index in [2.05, 4.69) is 38.5 Å². The van der Waals surface area contributed by atoms with Crippen LogP contribution in [-0.4, -0.2) is 75.7 Å². The minimum absolute atomic E-state index is 0.0447. The Balaban J connectivity index is 2.64. The summed E-state index contributed by atoms with van der Waals surface area (Å²) in [7, 11) is 0. The second-order valence-electron chi connectivity index (χ2n) is 6.59. The Hall–Kier alpha value is -2.64. The van der Waals surface area contributed by atoms with Crippen molar-refractivity contribution in [2.45, 2.75) is 43.8 Å². The van der Waals surface area contributed by atoms with Crippen LogP contribution in [0.4, 0.5) is 0 Å². The summed E-state index contributed by atoms with van der Waals surface area (Å²) in [6.07, 6.45) is 4.81. The lowest BCUT2D eigenvalue weighted by molar-refractivity contribution is -0.141. The fraction of sp³-hybridized carbons (Fsp3) is 0.588. The average molecular weight is 444 g/mol. The largest absolute Gasteiger partial charge is 0.480 e. The van der Waals surface area contributed by atoms with E-state index >= 15 is 0 Å². The molecule has 0 aliphatic rings. The molecule has 1 aromatic rings. The number of amides is 3. The van der Waals surface area contributed by atoms with Crippen LogP contribution in [0.2, 0.25) is 0 Å². The van der Waals surface area contributed by atoms with E-state index in [0.717, 1.165) is 6.42 Å². The fourth-order valence-electron chi connectivity index (χ4n) is 2.47. The van der Waals surface area contributed by atoms with Gasteiger partial charge in [0.1, 0.15) is 12.1 Å². The summed E-state index contributed by atoms with van der Waals surface area (Å²) in [4.78, 5) is 54.5. The van der Waals surface area contributed by atoms with Gasteiger partial charge in [-0.3, -0.25) is 14.4 Å². The molecule has 0 bridgehead atoms. The van der Waals surface area contributed by atoms with Crippen LogP contribution in [0.25, 0.3) is 0 Å². The van der Waals surface area contributed by atoms with E-state index in [9.17, 15) is 19.2 Å². The van der Waals surface area contributed by atoms with Gasteiger partial charge in [-0.25, -0.2) is 9.78 Å². The van der Waals surface area contributed by atoms with E-state index in [4.69, 9.17) is 16.6 Å². The number of nitrogens with one attached hydrogen (secondary N) is 4. The van der Waals surface area contributed by atoms with Gasteiger partial charge >= 0.3 is 5.97 Å². The lowest BCUT2D eigenvalue weighted by atomic mass is 10.1. The number of carboxylic acids is 1. The predicted octanol–water partition coefficient (Wildman–Crippen LogP) is -2.49. The molecule has 3 atom stereocenters. The summed E-state index contributed by atoms with van der Waals surface area (Å²) in [5.41, 5.74) is 11.7. The summed E-state index contributed by atoms with van der Waals surface area (Å²) >= 11 is 3.90. The molecule has 13 heteroatoms. The van der Waals surface area contributed by atoms with E-state index in [-0.39, 0.29) is 18.7 Å². The Morgan fingerprint density at radius 1 is 1.17 bits per heavy atom. The Morgan fingerprint density at radius 3 is 2.47 bits per heavy atom. The summed E-state index contributed by atoms with van der Waals surface area (Å²) in [5, 5.41) is 16.3. The van der Waals surface area contributed by atoms with Crippen molar-refractivity contribution >= 4 is 36.3 Å². The quantitative estimate of drug-likeness (QED) is 0.114. The molecule has 0 radical (unpaired) electrons. The number of nitrogens with two attached hydrogens (primary N) is 2. The highest BCUT2D eigenvalue weighted by Crippen LogP contribution is 2.01. The standard InChI is InChI=1S/C17H29N7O5S/c18-4-2-1-3-11(19)15(26)21-7-14(25)23-12(5-10-6-20-9-22-10)16(27)24-13(8-30)17(28)29/h6,9,11-13,30H,1-5,7-8,18-19H2,(H,20,22)(H,21,26)(H,23,25)(H,24,27)(H,28,29). The number of nitrogens with zero attached hydrogens (tertiary/aromatic N) is 1. The third-order valence-corrected chi connectivity index (χ3v) is 4.52. The minimum atomic E-state index is -1.25. The van der Waals surface area contributed by atoms with Crippen LogP contribution < -0.4 is 27.4 Å². The van der Waals surface area contributed by atoms with Gasteiger partial charge in [0.25, 0.3) is 0 Å². The molecular formula is C17H29N7O5S. The second kappa shape index (κ2) is 13.6. The van der Waals surface area contributed by atoms with E-state index in [1.807, 2.05) is 0 Å². The Labute approximate surface area is 179 Å². The van der Waals surface area contributed by atoms with Gasteiger partial charge in [-0.1, -0.05) is 6.42 Å². The molecule has 3 unspecified atom stereocenters. The van der Waals surface area contributed by atoms with Gasteiger partial charge < -0.3 is 37.5 Å². The summed E-state index contributed by atoms with van der Waals surface area (Å²) in [6.45, 7) is 0.123. The zero-order chi connectivity index (χ0) is 22.5. The topological polar surface area (TPSA) is 205 Å². The van der Waals surface area contributed by atoms with Crippen molar-refractivity contribution < 1.29 is 24.3 Å². The fourth-order valence-corrected chi connectivity index (χ4v) is 2.71. The molecule has 0 aromatic carbocycles. The number of thiol groups is 1. The van der Waals surface area contributed by atoms with Crippen LogP contribution >= 0.6 is 12.6 Å². The first-order chi connectivity index (χ1) is 14.3. The molecule has 9 N–H and O–H groups in total. The van der Waals surface area contributed by atoms with Crippen molar-refractivity contribution in [1.82, 2.24) is 25.9 Å². The smallest absolute Gasteiger partial charge is 0.327 e. The predicted molar refractivity (Wildman–Crippen MR) is 112 cm³/mol. The SMILES string of the molecule is NCCCCC(N)C(=O)NCC(=O)NC(Cc1cnc[nH]1)C(=O)NC(CS)C(=O)O. The lowest BCUT2D eigenvalue weighted by Gasteiger charge is -2.20. The normalized spacial score (nSPS) is 13.7. The van der Waals surface area contributed by atoms with Crippen LogP contribution in [0.15, 0.2) is 12.5 Å². The highest BCUT2D eigenvalue weighted by atomic mass is 32.1. The maximum Gasteiger partial charge on any atom is 0.327 e. The van der Waals surface area contributed by atoms with Gasteiger partial charge in [0.15, 0.2) is 0 Å². The first kappa shape index (κ1) is 25.4. The van der Waals surface area contributed by atoms with Crippen molar-refractivity contribution in [2.24, 2.45) is 11.5 Å². The first-order valence-corrected chi connectivity index (χ1v) is 10.1. The molecule has 0 spiro atoms. The number of unbranched alkanes of at least 4 members (excludes halogenated alkanes) is 1. The minimum Gasteiger partial charge on any atom is -0.480 e. The van der Waals surface area contributed by atoms with Gasteiger partial charge in [0.2, 0.25) is 17.7 Å².